The average Bonchev–Trinajstić information content (AvgIpc) is 3.26. The van der Waals surface area contributed by atoms with Crippen LogP contribution in [0.5, 0.6) is 0 Å². The van der Waals surface area contributed by atoms with E-state index in [0.717, 1.165) is 10.9 Å². The van der Waals surface area contributed by atoms with Crippen LogP contribution < -0.4 is 21.7 Å². The maximum absolute atomic E-state index is 13.2. The van der Waals surface area contributed by atoms with Crippen LogP contribution in [0, 0.1) is 0 Å². The third-order valence-corrected chi connectivity index (χ3v) is 5.74. The number of aromatic amines is 1. The molecule has 1 heterocycles. The van der Waals surface area contributed by atoms with E-state index in [1.165, 1.54) is 0 Å². The number of benzene rings is 1. The molecule has 1 aromatic carbocycles. The van der Waals surface area contributed by atoms with Gasteiger partial charge in [0, 0.05) is 35.7 Å². The number of H-pyrrole nitrogens is 1. The minimum absolute atomic E-state index is 0.00252. The highest BCUT2D eigenvalue weighted by atomic mass is 32.1. The molecular weight excluding hydrogens is 494 g/mol. The number of aliphatic hydroxyl groups is 1. The molecule has 0 radical (unpaired) electrons. The van der Waals surface area contributed by atoms with Gasteiger partial charge in [0.15, 0.2) is 0 Å². The monoisotopic (exact) mass is 523 g/mol. The van der Waals surface area contributed by atoms with Gasteiger partial charge in [-0.1, -0.05) is 18.2 Å². The van der Waals surface area contributed by atoms with E-state index in [1.54, 1.807) is 12.3 Å². The quantitative estimate of drug-likeness (QED) is 0.129. The number of aromatic nitrogens is 1. The fraction of sp³-hybridized carbons (Fsp3) is 0.409. The highest BCUT2D eigenvalue weighted by Gasteiger charge is 2.31. The number of carboxylic acids is 2. The second-order valence-electron chi connectivity index (χ2n) is 7.99. The minimum atomic E-state index is -1.66. The summed E-state index contributed by atoms with van der Waals surface area (Å²) in [6, 6.07) is 1.94. The van der Waals surface area contributed by atoms with Crippen LogP contribution >= 0.6 is 12.6 Å². The van der Waals surface area contributed by atoms with Crippen molar-refractivity contribution in [3.63, 3.8) is 0 Å². The van der Waals surface area contributed by atoms with Crippen molar-refractivity contribution >= 4 is 53.2 Å². The number of aliphatic hydroxyl groups excluding tert-OH is 1. The van der Waals surface area contributed by atoms with E-state index in [0.29, 0.717) is 5.56 Å². The molecule has 0 fully saturated rings. The molecule has 2 aromatic rings. The van der Waals surface area contributed by atoms with Crippen LogP contribution in [-0.4, -0.2) is 86.5 Å². The zero-order valence-electron chi connectivity index (χ0n) is 19.1. The number of para-hydroxylation sites is 1. The van der Waals surface area contributed by atoms with Crippen molar-refractivity contribution in [1.82, 2.24) is 20.9 Å². The summed E-state index contributed by atoms with van der Waals surface area (Å²) >= 11 is 3.98. The molecule has 13 nitrogen and oxygen atoms in total. The minimum Gasteiger partial charge on any atom is -0.481 e. The Morgan fingerprint density at radius 2 is 1.56 bits per heavy atom. The van der Waals surface area contributed by atoms with E-state index < -0.39 is 66.9 Å². The Kier molecular flexibility index (Phi) is 10.7. The summed E-state index contributed by atoms with van der Waals surface area (Å²) in [5, 5.41) is 35.0. The van der Waals surface area contributed by atoms with Gasteiger partial charge in [0.1, 0.15) is 18.1 Å². The summed E-state index contributed by atoms with van der Waals surface area (Å²) in [7, 11) is 0. The van der Waals surface area contributed by atoms with Crippen LogP contribution in [0.4, 0.5) is 0 Å². The molecule has 9 N–H and O–H groups in total. The lowest BCUT2D eigenvalue weighted by Crippen LogP contribution is -2.58. The van der Waals surface area contributed by atoms with Gasteiger partial charge in [-0.15, -0.1) is 0 Å². The van der Waals surface area contributed by atoms with Crippen LogP contribution in [0.25, 0.3) is 10.9 Å². The number of nitrogens with two attached hydrogens (primary N) is 1. The molecule has 4 unspecified atom stereocenters. The van der Waals surface area contributed by atoms with Gasteiger partial charge in [0.2, 0.25) is 17.7 Å². The van der Waals surface area contributed by atoms with Crippen molar-refractivity contribution in [2.75, 3.05) is 12.4 Å². The Labute approximate surface area is 211 Å². The predicted octanol–water partition coefficient (Wildman–Crippen LogP) is -1.64. The molecule has 14 heteroatoms. The van der Waals surface area contributed by atoms with E-state index in [1.807, 2.05) is 18.2 Å². The van der Waals surface area contributed by atoms with Gasteiger partial charge in [0.05, 0.1) is 12.6 Å². The van der Waals surface area contributed by atoms with Crippen molar-refractivity contribution in [3.05, 3.63) is 36.0 Å². The smallest absolute Gasteiger partial charge is 0.328 e. The molecule has 0 saturated heterocycles. The number of carboxylic acid groups (broad SMARTS) is 2. The van der Waals surface area contributed by atoms with Gasteiger partial charge in [0.25, 0.3) is 0 Å². The number of carbonyl (C=O) groups excluding carboxylic acids is 3. The summed E-state index contributed by atoms with van der Waals surface area (Å²) in [5.74, 6) is -5.24. The zero-order chi connectivity index (χ0) is 26.8. The van der Waals surface area contributed by atoms with Crippen LogP contribution in [0.1, 0.15) is 18.4 Å². The van der Waals surface area contributed by atoms with Gasteiger partial charge >= 0.3 is 11.9 Å². The Hall–Kier alpha value is -3.62. The topological polar surface area (TPSA) is 224 Å². The number of hydrogen-bond donors (Lipinski definition) is 9. The molecule has 0 bridgehead atoms. The van der Waals surface area contributed by atoms with E-state index in [-0.39, 0.29) is 18.6 Å². The third kappa shape index (κ3) is 7.96. The number of aliphatic carboxylic acids is 2. The van der Waals surface area contributed by atoms with E-state index in [2.05, 4.69) is 33.6 Å². The van der Waals surface area contributed by atoms with Gasteiger partial charge in [-0.2, -0.15) is 12.6 Å². The van der Waals surface area contributed by atoms with Crippen LogP contribution in [0.2, 0.25) is 0 Å². The largest absolute Gasteiger partial charge is 0.481 e. The Balaban J connectivity index is 2.29. The lowest BCUT2D eigenvalue weighted by Gasteiger charge is -2.24. The van der Waals surface area contributed by atoms with Crippen LogP contribution in [-0.2, 0) is 30.4 Å². The molecule has 0 aliphatic heterocycles. The number of amides is 3. The lowest BCUT2D eigenvalue weighted by atomic mass is 10.0. The summed E-state index contributed by atoms with van der Waals surface area (Å²) in [5.41, 5.74) is 7.20. The fourth-order valence-corrected chi connectivity index (χ4v) is 3.52. The average molecular weight is 524 g/mol. The van der Waals surface area contributed by atoms with E-state index in [4.69, 9.17) is 15.9 Å². The first-order valence-electron chi connectivity index (χ1n) is 10.9. The Bertz CT molecular complexity index is 1110. The molecule has 196 valence electrons. The van der Waals surface area contributed by atoms with Gasteiger partial charge in [-0.3, -0.25) is 19.2 Å². The fourth-order valence-electron chi connectivity index (χ4n) is 3.36. The standard InChI is InChI=1S/C22H29N5O8S/c23-13(10-36)19(31)26-16(7-11-8-24-14-4-2-1-3-12(11)14)21(33)25-15(5-6-18(29)30)20(32)27-17(9-28)22(34)35/h1-4,8,13,15-17,24,28,36H,5-7,9-10,23H2,(H,25,33)(H,26,31)(H,27,32)(H,29,30)(H,34,35). The molecule has 0 aliphatic rings. The molecule has 2 rings (SSSR count). The zero-order valence-corrected chi connectivity index (χ0v) is 20.0. The summed E-state index contributed by atoms with van der Waals surface area (Å²) in [4.78, 5) is 63.6. The molecule has 0 saturated carbocycles. The van der Waals surface area contributed by atoms with Crippen LogP contribution in [0.15, 0.2) is 30.5 Å². The lowest BCUT2D eigenvalue weighted by molar-refractivity contribution is -0.144. The maximum Gasteiger partial charge on any atom is 0.328 e. The number of nitrogens with one attached hydrogen (secondary N) is 4. The third-order valence-electron chi connectivity index (χ3n) is 5.34. The molecule has 3 amide bonds. The molecular formula is C22H29N5O8S. The highest BCUT2D eigenvalue weighted by molar-refractivity contribution is 7.80. The van der Waals surface area contributed by atoms with E-state index in [9.17, 15) is 29.1 Å². The first-order chi connectivity index (χ1) is 17.1. The molecule has 0 aliphatic carbocycles. The first-order valence-corrected chi connectivity index (χ1v) is 11.6. The number of hydrogen-bond acceptors (Lipinski definition) is 8. The molecule has 4 atom stereocenters. The SMILES string of the molecule is NC(CS)C(=O)NC(Cc1c[nH]c2ccccc12)C(=O)NC(CCC(=O)O)C(=O)NC(CO)C(=O)O. The van der Waals surface area contributed by atoms with Crippen molar-refractivity contribution in [2.24, 2.45) is 5.73 Å². The van der Waals surface area contributed by atoms with Gasteiger partial charge in [-0.25, -0.2) is 4.79 Å². The summed E-state index contributed by atoms with van der Waals surface area (Å²) in [6.07, 6.45) is 0.791. The Morgan fingerprint density at radius 3 is 2.17 bits per heavy atom. The number of rotatable bonds is 14. The van der Waals surface area contributed by atoms with Gasteiger partial charge in [-0.05, 0) is 18.1 Å². The van der Waals surface area contributed by atoms with Crippen molar-refractivity contribution in [2.45, 2.75) is 43.4 Å². The summed E-state index contributed by atoms with van der Waals surface area (Å²) < 4.78 is 0. The molecule has 0 spiro atoms. The predicted molar refractivity (Wildman–Crippen MR) is 131 cm³/mol. The van der Waals surface area contributed by atoms with E-state index >= 15 is 0 Å². The number of carbonyl (C=O) groups is 5. The summed E-state index contributed by atoms with van der Waals surface area (Å²) in [6.45, 7) is -0.915. The van der Waals surface area contributed by atoms with Gasteiger partial charge < -0.3 is 42.0 Å². The molecule has 1 aromatic heterocycles. The van der Waals surface area contributed by atoms with Crippen molar-refractivity contribution in [1.29, 1.82) is 0 Å². The second-order valence-corrected chi connectivity index (χ2v) is 8.35. The maximum atomic E-state index is 13.2. The van der Waals surface area contributed by atoms with Crippen LogP contribution in [0.3, 0.4) is 0 Å². The normalized spacial score (nSPS) is 14.3. The second kappa shape index (κ2) is 13.5. The first kappa shape index (κ1) is 28.6. The van der Waals surface area contributed by atoms with Crippen molar-refractivity contribution < 1.29 is 39.3 Å². The highest BCUT2D eigenvalue weighted by Crippen LogP contribution is 2.19. The van der Waals surface area contributed by atoms with Crippen molar-refractivity contribution in [3.8, 4) is 0 Å². The number of fused-ring (bicyclic) bond motifs is 1. The number of thiol groups is 1. The molecule has 36 heavy (non-hydrogen) atoms. The Morgan fingerprint density at radius 1 is 0.944 bits per heavy atom.